The highest BCUT2D eigenvalue weighted by molar-refractivity contribution is 6.20. The van der Waals surface area contributed by atoms with E-state index in [0.29, 0.717) is 50.7 Å². The van der Waals surface area contributed by atoms with Crippen molar-refractivity contribution in [1.82, 2.24) is 20.9 Å². The molecule has 2 heterocycles. The van der Waals surface area contributed by atoms with Gasteiger partial charge in [0.15, 0.2) is 0 Å². The smallest absolute Gasteiger partial charge is 0.240 e. The maximum atomic E-state index is 14.9. The van der Waals surface area contributed by atoms with Crippen LogP contribution in [0.25, 0.3) is 0 Å². The average Bonchev–Trinajstić information content (AvgIpc) is 3.49. The number of nitriles is 1. The Labute approximate surface area is 189 Å². The van der Waals surface area contributed by atoms with Gasteiger partial charge in [-0.05, 0) is 50.4 Å². The Kier molecular flexibility index (Phi) is 6.81. The molecule has 0 bridgehead atoms. The lowest BCUT2D eigenvalue weighted by molar-refractivity contribution is -0.124. The Morgan fingerprint density at radius 1 is 1.39 bits per heavy atom. The average molecular weight is 455 g/mol. The van der Waals surface area contributed by atoms with Crippen LogP contribution in [-0.4, -0.2) is 66.9 Å². The van der Waals surface area contributed by atoms with E-state index in [1.165, 1.54) is 0 Å². The normalized spacial score (nSPS) is 42.7. The van der Waals surface area contributed by atoms with Gasteiger partial charge in [-0.1, -0.05) is 6.92 Å². The fraction of sp³-hybridized carbons (Fsp3) is 0.909. The maximum Gasteiger partial charge on any atom is 0.240 e. The van der Waals surface area contributed by atoms with E-state index in [1.54, 1.807) is 0 Å². The van der Waals surface area contributed by atoms with Crippen LogP contribution in [-0.2, 0) is 4.79 Å². The van der Waals surface area contributed by atoms with Gasteiger partial charge in [-0.2, -0.15) is 5.26 Å². The summed E-state index contributed by atoms with van der Waals surface area (Å²) in [6.45, 7) is 4.36. The van der Waals surface area contributed by atoms with E-state index >= 15 is 0 Å². The molecule has 2 aliphatic heterocycles. The van der Waals surface area contributed by atoms with Crippen molar-refractivity contribution in [2.45, 2.75) is 68.8 Å². The molecule has 0 aromatic carbocycles. The number of carbonyl (C=O) groups is 1. The van der Waals surface area contributed by atoms with Gasteiger partial charge in [-0.3, -0.25) is 15.0 Å². The number of nitrogens with zero attached hydrogens (tertiary/aromatic N) is 2. The lowest BCUT2D eigenvalue weighted by Gasteiger charge is -2.47. The Bertz CT molecular complexity index is 715. The zero-order valence-electron chi connectivity index (χ0n) is 18.4. The molecule has 0 aromatic rings. The summed E-state index contributed by atoms with van der Waals surface area (Å²) in [6.07, 6.45) is 4.95. The predicted molar refractivity (Wildman–Crippen MR) is 118 cm³/mol. The minimum Gasteiger partial charge on any atom is -0.354 e. The van der Waals surface area contributed by atoms with Crippen LogP contribution in [0.15, 0.2) is 0 Å². The second-order valence-corrected chi connectivity index (χ2v) is 10.9. The molecule has 9 heteroatoms. The van der Waals surface area contributed by atoms with Gasteiger partial charge < -0.3 is 16.4 Å². The Morgan fingerprint density at radius 2 is 2.16 bits per heavy atom. The van der Waals surface area contributed by atoms with Crippen LogP contribution in [0.2, 0.25) is 0 Å². The first kappa shape index (κ1) is 23.2. The fourth-order valence-corrected chi connectivity index (χ4v) is 5.79. The number of likely N-dealkylation sites (tertiary alicyclic amines) is 1. The van der Waals surface area contributed by atoms with Crippen molar-refractivity contribution >= 4 is 17.5 Å². The lowest BCUT2D eigenvalue weighted by atomic mass is 9.80. The summed E-state index contributed by atoms with van der Waals surface area (Å²) in [6, 6.07) is 2.15. The van der Waals surface area contributed by atoms with Crippen molar-refractivity contribution in [2.75, 3.05) is 32.7 Å². The number of nitrogens with one attached hydrogen (secondary N) is 3. The van der Waals surface area contributed by atoms with Crippen molar-refractivity contribution in [3.63, 3.8) is 0 Å². The van der Waals surface area contributed by atoms with Crippen LogP contribution in [0.1, 0.15) is 45.4 Å². The highest BCUT2D eigenvalue weighted by atomic mass is 35.5. The van der Waals surface area contributed by atoms with E-state index in [4.69, 9.17) is 17.3 Å². The summed E-state index contributed by atoms with van der Waals surface area (Å²) in [5.74, 6) is 0.859. The van der Waals surface area contributed by atoms with Crippen molar-refractivity contribution in [3.8, 4) is 6.07 Å². The van der Waals surface area contributed by atoms with E-state index < -0.39 is 11.1 Å². The second kappa shape index (κ2) is 9.11. The zero-order chi connectivity index (χ0) is 22.2. The molecule has 4 aliphatic rings. The Hall–Kier alpha value is -0.980. The molecule has 5 N–H and O–H groups in total. The van der Waals surface area contributed by atoms with Gasteiger partial charge in [-0.25, -0.2) is 4.39 Å². The molecule has 0 aromatic heterocycles. The fourth-order valence-electron chi connectivity index (χ4n) is 5.44. The standard InChI is InChI=1S/C22H36ClFN6O/c1-14-2-3-15(8-17(14)23)18-27-9-16(10-28-20(31)21(11-25)4-5-21)19(29-18)30-7-6-22(24,12-26)13-30/h14-19,27,29H,2-10,12-13,26H2,1H3,(H,28,31). The van der Waals surface area contributed by atoms with Crippen LogP contribution < -0.4 is 21.7 Å². The topological polar surface area (TPSA) is 106 Å². The number of hydrogen-bond donors (Lipinski definition) is 4. The molecule has 4 fully saturated rings. The highest BCUT2D eigenvalue weighted by Gasteiger charge is 2.51. The van der Waals surface area contributed by atoms with Crippen LogP contribution >= 0.6 is 11.6 Å². The van der Waals surface area contributed by atoms with Crippen LogP contribution in [0.5, 0.6) is 0 Å². The summed E-state index contributed by atoms with van der Waals surface area (Å²) in [5.41, 5.74) is 3.52. The third-order valence-electron chi connectivity index (χ3n) is 8.02. The summed E-state index contributed by atoms with van der Waals surface area (Å²) in [4.78, 5) is 14.6. The summed E-state index contributed by atoms with van der Waals surface area (Å²) in [5, 5.41) is 19.8. The molecule has 2 saturated heterocycles. The highest BCUT2D eigenvalue weighted by Crippen LogP contribution is 2.45. The predicted octanol–water partition coefficient (Wildman–Crippen LogP) is 1.28. The van der Waals surface area contributed by atoms with Crippen molar-refractivity contribution < 1.29 is 9.18 Å². The molecule has 7 nitrogen and oxygen atoms in total. The molecule has 1 amide bonds. The third-order valence-corrected chi connectivity index (χ3v) is 8.63. The maximum absolute atomic E-state index is 14.9. The van der Waals surface area contributed by atoms with E-state index in [1.807, 2.05) is 0 Å². The van der Waals surface area contributed by atoms with Gasteiger partial charge in [0.25, 0.3) is 0 Å². The van der Waals surface area contributed by atoms with Crippen molar-refractivity contribution in [3.05, 3.63) is 0 Å². The van der Waals surface area contributed by atoms with Crippen LogP contribution in [0, 0.1) is 34.5 Å². The number of carbonyl (C=O) groups excluding carboxylic acids is 1. The summed E-state index contributed by atoms with van der Waals surface area (Å²) < 4.78 is 14.9. The van der Waals surface area contributed by atoms with Crippen LogP contribution in [0.3, 0.4) is 0 Å². The molecule has 2 aliphatic carbocycles. The minimum atomic E-state index is -1.35. The van der Waals surface area contributed by atoms with E-state index in [2.05, 4.69) is 33.8 Å². The number of nitrogens with two attached hydrogens (primary N) is 1. The van der Waals surface area contributed by atoms with Crippen molar-refractivity contribution in [2.24, 2.45) is 28.9 Å². The van der Waals surface area contributed by atoms with Gasteiger partial charge in [-0.15, -0.1) is 11.6 Å². The molecule has 174 valence electrons. The second-order valence-electron chi connectivity index (χ2n) is 10.3. The Morgan fingerprint density at radius 3 is 2.77 bits per heavy atom. The molecule has 0 spiro atoms. The summed E-state index contributed by atoms with van der Waals surface area (Å²) >= 11 is 6.57. The lowest BCUT2D eigenvalue weighted by Crippen LogP contribution is -2.68. The van der Waals surface area contributed by atoms with Gasteiger partial charge in [0.1, 0.15) is 11.1 Å². The molecule has 2 saturated carbocycles. The van der Waals surface area contributed by atoms with Gasteiger partial charge >= 0.3 is 0 Å². The number of alkyl halides is 2. The van der Waals surface area contributed by atoms with Crippen molar-refractivity contribution in [1.29, 1.82) is 5.26 Å². The molecule has 31 heavy (non-hydrogen) atoms. The Balaban J connectivity index is 1.42. The first-order valence-electron chi connectivity index (χ1n) is 11.8. The largest absolute Gasteiger partial charge is 0.354 e. The number of rotatable bonds is 6. The molecular weight excluding hydrogens is 419 g/mol. The van der Waals surface area contributed by atoms with E-state index in [9.17, 15) is 14.4 Å². The monoisotopic (exact) mass is 454 g/mol. The number of hydrogen-bond acceptors (Lipinski definition) is 6. The van der Waals surface area contributed by atoms with Gasteiger partial charge in [0.2, 0.25) is 5.91 Å². The SMILES string of the molecule is CC1CCC(C2NCC(CNC(=O)C3(C#N)CC3)C(N3CCC(F)(CN)C3)N2)CC1Cl. The zero-order valence-corrected chi connectivity index (χ0v) is 19.1. The molecular formula is C22H36ClFN6O. The minimum absolute atomic E-state index is 0.0262. The molecule has 7 unspecified atom stereocenters. The number of halogens is 2. The first-order chi connectivity index (χ1) is 14.8. The molecule has 7 atom stereocenters. The third kappa shape index (κ3) is 4.86. The molecule has 0 radical (unpaired) electrons. The first-order valence-corrected chi connectivity index (χ1v) is 12.2. The number of amides is 1. The quantitative estimate of drug-likeness (QED) is 0.450. The van der Waals surface area contributed by atoms with E-state index in [0.717, 1.165) is 25.8 Å². The summed E-state index contributed by atoms with van der Waals surface area (Å²) in [7, 11) is 0. The van der Waals surface area contributed by atoms with E-state index in [-0.39, 0.29) is 36.1 Å². The van der Waals surface area contributed by atoms with Gasteiger partial charge in [0.05, 0.1) is 18.4 Å². The van der Waals surface area contributed by atoms with Crippen LogP contribution in [0.4, 0.5) is 4.39 Å². The van der Waals surface area contributed by atoms with Gasteiger partial charge in [0, 0.05) is 44.0 Å². The molecule has 4 rings (SSSR count).